The van der Waals surface area contributed by atoms with E-state index in [-0.39, 0.29) is 18.2 Å². The second-order valence-corrected chi connectivity index (χ2v) is 3.26. The minimum Gasteiger partial charge on any atom is -0.296 e. The summed E-state index contributed by atoms with van der Waals surface area (Å²) in [5, 5.41) is 0. The average molecular weight is 206 g/mol. The smallest absolute Gasteiger partial charge is 0.262 e. The molecule has 2 amide bonds. The van der Waals surface area contributed by atoms with Gasteiger partial charge >= 0.3 is 0 Å². The Labute approximate surface area is 89.0 Å². The van der Waals surface area contributed by atoms with E-state index in [9.17, 15) is 9.59 Å². The van der Waals surface area contributed by atoms with Gasteiger partial charge in [-0.1, -0.05) is 12.2 Å². The average Bonchev–Trinajstić information content (AvgIpc) is 2.21. The highest BCUT2D eigenvalue weighted by molar-refractivity contribution is 6.20. The van der Waals surface area contributed by atoms with E-state index in [0.717, 1.165) is 10.5 Å². The van der Waals surface area contributed by atoms with Gasteiger partial charge in [-0.3, -0.25) is 19.5 Å². The van der Waals surface area contributed by atoms with Gasteiger partial charge in [0, 0.05) is 20.3 Å². The van der Waals surface area contributed by atoms with Gasteiger partial charge in [0.05, 0.1) is 12.0 Å². The Morgan fingerprint density at radius 1 is 1.40 bits per heavy atom. The summed E-state index contributed by atoms with van der Waals surface area (Å²) in [5.41, 5.74) is 1.23. The number of rotatable bonds is 2. The molecule has 0 unspecified atom stereocenters. The fourth-order valence-corrected chi connectivity index (χ4v) is 1.43. The van der Waals surface area contributed by atoms with E-state index in [1.165, 1.54) is 13.3 Å². The molecular weight excluding hydrogens is 192 g/mol. The highest BCUT2D eigenvalue weighted by atomic mass is 16.2. The lowest BCUT2D eigenvalue weighted by molar-refractivity contribution is -0.141. The lowest BCUT2D eigenvalue weighted by atomic mass is 9.99. The van der Waals surface area contributed by atoms with Gasteiger partial charge in [0.15, 0.2) is 0 Å². The van der Waals surface area contributed by atoms with Crippen LogP contribution < -0.4 is 0 Å². The summed E-state index contributed by atoms with van der Waals surface area (Å²) >= 11 is 0. The van der Waals surface area contributed by atoms with Crippen molar-refractivity contribution in [1.29, 1.82) is 0 Å². The minimum absolute atomic E-state index is 0.179. The van der Waals surface area contributed by atoms with Crippen molar-refractivity contribution in [3.8, 4) is 0 Å². The first kappa shape index (κ1) is 11.4. The molecule has 4 nitrogen and oxygen atoms in total. The standard InChI is InChI=1S/C11H14N2O2/c1-4-5-8-6-10(14)13(3)11(15)9(8)7-12-2/h4-5,7H,6H2,1-3H3/b5-4-,12-7?. The fraction of sp³-hybridized carbons (Fsp3) is 0.364. The van der Waals surface area contributed by atoms with Crippen LogP contribution in [0.1, 0.15) is 13.3 Å². The topological polar surface area (TPSA) is 49.7 Å². The summed E-state index contributed by atoms with van der Waals surface area (Å²) in [5.74, 6) is -0.466. The second-order valence-electron chi connectivity index (χ2n) is 3.26. The van der Waals surface area contributed by atoms with E-state index in [1.807, 2.05) is 13.0 Å². The van der Waals surface area contributed by atoms with E-state index < -0.39 is 0 Å². The number of allylic oxidation sites excluding steroid dienone is 2. The molecule has 0 bridgehead atoms. The number of nitrogens with zero attached hydrogens (tertiary/aromatic N) is 2. The molecule has 1 aliphatic rings. The van der Waals surface area contributed by atoms with Crippen LogP contribution in [0.15, 0.2) is 28.3 Å². The van der Waals surface area contributed by atoms with Crippen molar-refractivity contribution in [3.05, 3.63) is 23.3 Å². The molecule has 0 aromatic heterocycles. The Balaban J connectivity index is 3.22. The summed E-state index contributed by atoms with van der Waals surface area (Å²) in [4.78, 5) is 28.1. The molecule has 0 aliphatic carbocycles. The Bertz CT molecular complexity index is 378. The van der Waals surface area contributed by atoms with Crippen LogP contribution in [0, 0.1) is 0 Å². The zero-order valence-electron chi connectivity index (χ0n) is 9.15. The molecule has 80 valence electrons. The summed E-state index contributed by atoms with van der Waals surface area (Å²) in [7, 11) is 3.09. The van der Waals surface area contributed by atoms with Gasteiger partial charge in [-0.15, -0.1) is 0 Å². The fourth-order valence-electron chi connectivity index (χ4n) is 1.43. The molecule has 0 aromatic carbocycles. The third-order valence-electron chi connectivity index (χ3n) is 2.22. The quantitative estimate of drug-likeness (QED) is 0.499. The molecule has 0 saturated carbocycles. The van der Waals surface area contributed by atoms with Crippen LogP contribution in [0.25, 0.3) is 0 Å². The van der Waals surface area contributed by atoms with Gasteiger partial charge in [0.2, 0.25) is 5.91 Å². The predicted octanol–water partition coefficient (Wildman–Crippen LogP) is 0.948. The monoisotopic (exact) mass is 206 g/mol. The largest absolute Gasteiger partial charge is 0.296 e. The van der Waals surface area contributed by atoms with Crippen molar-refractivity contribution in [2.75, 3.05) is 14.1 Å². The number of aliphatic imine (C=N–C) groups is 1. The zero-order valence-corrected chi connectivity index (χ0v) is 9.15. The van der Waals surface area contributed by atoms with E-state index in [0.29, 0.717) is 5.57 Å². The van der Waals surface area contributed by atoms with Crippen LogP contribution in [0.4, 0.5) is 0 Å². The van der Waals surface area contributed by atoms with Crippen LogP contribution in [-0.4, -0.2) is 37.0 Å². The number of hydrogen-bond donors (Lipinski definition) is 0. The number of amides is 2. The molecular formula is C11H14N2O2. The van der Waals surface area contributed by atoms with E-state index >= 15 is 0 Å². The minimum atomic E-state index is -0.287. The third-order valence-corrected chi connectivity index (χ3v) is 2.22. The highest BCUT2D eigenvalue weighted by Crippen LogP contribution is 2.19. The van der Waals surface area contributed by atoms with Gasteiger partial charge in [-0.2, -0.15) is 0 Å². The van der Waals surface area contributed by atoms with Gasteiger partial charge < -0.3 is 0 Å². The summed E-state index contributed by atoms with van der Waals surface area (Å²) < 4.78 is 0. The molecule has 0 radical (unpaired) electrons. The zero-order chi connectivity index (χ0) is 11.4. The van der Waals surface area contributed by atoms with Crippen molar-refractivity contribution in [3.63, 3.8) is 0 Å². The van der Waals surface area contributed by atoms with Crippen molar-refractivity contribution in [2.24, 2.45) is 4.99 Å². The van der Waals surface area contributed by atoms with Gasteiger partial charge in [0.1, 0.15) is 0 Å². The van der Waals surface area contributed by atoms with Crippen LogP contribution in [0.5, 0.6) is 0 Å². The Hall–Kier alpha value is -1.71. The molecule has 1 heterocycles. The van der Waals surface area contributed by atoms with Crippen molar-refractivity contribution < 1.29 is 9.59 Å². The molecule has 4 heteroatoms. The first-order valence-corrected chi connectivity index (χ1v) is 4.70. The van der Waals surface area contributed by atoms with Crippen molar-refractivity contribution >= 4 is 18.0 Å². The molecule has 0 fully saturated rings. The third kappa shape index (κ3) is 2.21. The maximum absolute atomic E-state index is 11.7. The summed E-state index contributed by atoms with van der Waals surface area (Å²) in [6, 6.07) is 0. The lowest BCUT2D eigenvalue weighted by Crippen LogP contribution is -2.38. The lowest BCUT2D eigenvalue weighted by Gasteiger charge is -2.22. The predicted molar refractivity (Wildman–Crippen MR) is 58.7 cm³/mol. The molecule has 0 spiro atoms. The summed E-state index contributed by atoms with van der Waals surface area (Å²) in [6.45, 7) is 1.85. The van der Waals surface area contributed by atoms with Crippen LogP contribution >= 0.6 is 0 Å². The van der Waals surface area contributed by atoms with Gasteiger partial charge in [0.25, 0.3) is 5.91 Å². The van der Waals surface area contributed by atoms with E-state index in [4.69, 9.17) is 0 Å². The first-order valence-electron chi connectivity index (χ1n) is 4.70. The Morgan fingerprint density at radius 3 is 2.60 bits per heavy atom. The first-order chi connectivity index (χ1) is 7.11. The van der Waals surface area contributed by atoms with Crippen LogP contribution in [0.2, 0.25) is 0 Å². The molecule has 0 atom stereocenters. The van der Waals surface area contributed by atoms with Crippen molar-refractivity contribution in [1.82, 2.24) is 4.90 Å². The van der Waals surface area contributed by atoms with Crippen LogP contribution in [-0.2, 0) is 9.59 Å². The second kappa shape index (κ2) is 4.68. The van der Waals surface area contributed by atoms with E-state index in [2.05, 4.69) is 4.99 Å². The van der Waals surface area contributed by atoms with Crippen molar-refractivity contribution in [2.45, 2.75) is 13.3 Å². The Kier molecular flexibility index (Phi) is 3.55. The number of hydrogen-bond acceptors (Lipinski definition) is 3. The Morgan fingerprint density at radius 2 is 2.07 bits per heavy atom. The highest BCUT2D eigenvalue weighted by Gasteiger charge is 2.28. The number of carbonyl (C=O) groups is 2. The maximum atomic E-state index is 11.7. The molecule has 0 aromatic rings. The number of imide groups is 1. The maximum Gasteiger partial charge on any atom is 0.262 e. The van der Waals surface area contributed by atoms with Crippen LogP contribution in [0.3, 0.4) is 0 Å². The molecule has 1 rings (SSSR count). The normalized spacial score (nSPS) is 18.7. The molecule has 0 saturated heterocycles. The van der Waals surface area contributed by atoms with E-state index in [1.54, 1.807) is 13.1 Å². The van der Waals surface area contributed by atoms with Gasteiger partial charge in [-0.25, -0.2) is 0 Å². The molecule has 15 heavy (non-hydrogen) atoms. The molecule has 1 aliphatic heterocycles. The SMILES string of the molecule is C/C=C\C1=C(C=NC)C(=O)N(C)C(=O)C1. The van der Waals surface area contributed by atoms with Gasteiger partial charge in [-0.05, 0) is 12.5 Å². The summed E-state index contributed by atoms with van der Waals surface area (Å²) in [6.07, 6.45) is 5.35. The molecule has 0 N–H and O–H groups in total. The number of carbonyl (C=O) groups excluding carboxylic acids is 2. The number of likely N-dealkylation sites (N-methyl/N-ethyl adjacent to an activating group) is 1.